The van der Waals surface area contributed by atoms with Crippen LogP contribution in [0.5, 0.6) is 0 Å². The monoisotopic (exact) mass is 293 g/mol. The maximum Gasteiger partial charge on any atom is 0.334 e. The summed E-state index contributed by atoms with van der Waals surface area (Å²) in [6.45, 7) is 0.771. The first kappa shape index (κ1) is 14.0. The largest absolute Gasteiger partial charge is 0.479 e. The van der Waals surface area contributed by atoms with E-state index in [1.807, 2.05) is 0 Å². The second kappa shape index (κ2) is 5.44. The van der Waals surface area contributed by atoms with Crippen molar-refractivity contribution in [3.8, 4) is 0 Å². The van der Waals surface area contributed by atoms with E-state index >= 15 is 0 Å². The maximum atomic E-state index is 12.9. The van der Waals surface area contributed by atoms with Gasteiger partial charge in [0.15, 0.2) is 6.10 Å². The van der Waals surface area contributed by atoms with Gasteiger partial charge in [0.1, 0.15) is 5.82 Å². The van der Waals surface area contributed by atoms with Crippen molar-refractivity contribution in [3.05, 3.63) is 35.6 Å². The maximum absolute atomic E-state index is 12.9. The van der Waals surface area contributed by atoms with Gasteiger partial charge in [-0.1, -0.05) is 12.1 Å². The van der Waals surface area contributed by atoms with Crippen LogP contribution >= 0.6 is 0 Å². The summed E-state index contributed by atoms with van der Waals surface area (Å²) in [5.74, 6) is -1.37. The number of aliphatic carboxylic acids is 1. The molecule has 5 nitrogen and oxygen atoms in total. The number of carboxylic acids is 1. The molecule has 3 rings (SSSR count). The Morgan fingerprint density at radius 2 is 2.00 bits per heavy atom. The van der Waals surface area contributed by atoms with Crippen LogP contribution in [-0.2, 0) is 14.3 Å². The number of hydrogen-bond acceptors (Lipinski definition) is 3. The fourth-order valence-electron chi connectivity index (χ4n) is 2.78. The molecule has 0 aromatic heterocycles. The third kappa shape index (κ3) is 2.90. The van der Waals surface area contributed by atoms with Crippen molar-refractivity contribution < 1.29 is 23.8 Å². The lowest BCUT2D eigenvalue weighted by atomic mass is 10.1. The van der Waals surface area contributed by atoms with Gasteiger partial charge < -0.3 is 14.7 Å². The highest BCUT2D eigenvalue weighted by Gasteiger charge is 2.46. The molecule has 1 heterocycles. The van der Waals surface area contributed by atoms with Crippen molar-refractivity contribution in [1.29, 1.82) is 0 Å². The van der Waals surface area contributed by atoms with Crippen LogP contribution in [-0.4, -0.2) is 47.7 Å². The van der Waals surface area contributed by atoms with Gasteiger partial charge in [0.05, 0.1) is 13.2 Å². The standard InChI is InChI=1S/C15H16FNO4/c16-10-3-1-9(2-4-10)11-7-12(11)14(18)17-5-6-21-13(8-17)15(19)20/h1-4,11-13H,5-8H2,(H,19,20)/t11-,12-,13-/m0/s1. The average Bonchev–Trinajstić information content (AvgIpc) is 3.28. The number of amides is 1. The van der Waals surface area contributed by atoms with Crippen molar-refractivity contribution in [1.82, 2.24) is 4.90 Å². The van der Waals surface area contributed by atoms with Gasteiger partial charge in [0.2, 0.25) is 5.91 Å². The molecule has 6 heteroatoms. The molecule has 1 saturated heterocycles. The highest BCUT2D eigenvalue weighted by Crippen LogP contribution is 2.48. The molecule has 112 valence electrons. The summed E-state index contributed by atoms with van der Waals surface area (Å²) in [4.78, 5) is 24.9. The Balaban J connectivity index is 1.62. The van der Waals surface area contributed by atoms with Gasteiger partial charge in [-0.2, -0.15) is 0 Å². The number of benzene rings is 1. The Kier molecular flexibility index (Phi) is 3.63. The molecule has 1 saturated carbocycles. The zero-order chi connectivity index (χ0) is 15.0. The molecule has 1 aromatic carbocycles. The van der Waals surface area contributed by atoms with Gasteiger partial charge in [0.25, 0.3) is 0 Å². The molecule has 21 heavy (non-hydrogen) atoms. The van der Waals surface area contributed by atoms with Crippen molar-refractivity contribution in [3.63, 3.8) is 0 Å². The highest BCUT2D eigenvalue weighted by molar-refractivity contribution is 5.84. The van der Waals surface area contributed by atoms with E-state index in [0.717, 1.165) is 12.0 Å². The molecule has 0 unspecified atom stereocenters. The molecular formula is C15H16FNO4. The number of nitrogens with zero attached hydrogens (tertiary/aromatic N) is 1. The van der Waals surface area contributed by atoms with Crippen LogP contribution < -0.4 is 0 Å². The van der Waals surface area contributed by atoms with Crippen LogP contribution in [0.4, 0.5) is 4.39 Å². The van der Waals surface area contributed by atoms with Gasteiger partial charge >= 0.3 is 5.97 Å². The minimum absolute atomic E-state index is 0.0288. The zero-order valence-corrected chi connectivity index (χ0v) is 11.4. The molecule has 2 fully saturated rings. The van der Waals surface area contributed by atoms with Gasteiger partial charge in [-0.3, -0.25) is 4.79 Å². The smallest absolute Gasteiger partial charge is 0.334 e. The van der Waals surface area contributed by atoms with Crippen LogP contribution in [0.15, 0.2) is 24.3 Å². The highest BCUT2D eigenvalue weighted by atomic mass is 19.1. The average molecular weight is 293 g/mol. The van der Waals surface area contributed by atoms with Crippen LogP contribution in [0.2, 0.25) is 0 Å². The Morgan fingerprint density at radius 1 is 1.29 bits per heavy atom. The van der Waals surface area contributed by atoms with Crippen LogP contribution in [0.25, 0.3) is 0 Å². The van der Waals surface area contributed by atoms with E-state index < -0.39 is 12.1 Å². The summed E-state index contributed by atoms with van der Waals surface area (Å²) in [6.07, 6.45) is -0.203. The Labute approximate surface area is 121 Å². The number of hydrogen-bond donors (Lipinski definition) is 1. The second-order valence-electron chi connectivity index (χ2n) is 5.48. The molecule has 1 N–H and O–H groups in total. The van der Waals surface area contributed by atoms with Gasteiger partial charge in [-0.05, 0) is 30.0 Å². The van der Waals surface area contributed by atoms with Crippen molar-refractivity contribution in [2.24, 2.45) is 5.92 Å². The lowest BCUT2D eigenvalue weighted by Gasteiger charge is -2.31. The third-order valence-electron chi connectivity index (χ3n) is 4.06. The number of carboxylic acid groups (broad SMARTS) is 1. The number of rotatable bonds is 3. The number of halogens is 1. The predicted molar refractivity (Wildman–Crippen MR) is 71.2 cm³/mol. The first-order valence-corrected chi connectivity index (χ1v) is 6.95. The molecule has 3 atom stereocenters. The van der Waals surface area contributed by atoms with Gasteiger partial charge in [0, 0.05) is 12.5 Å². The fourth-order valence-corrected chi connectivity index (χ4v) is 2.78. The van der Waals surface area contributed by atoms with Crippen LogP contribution in [0.1, 0.15) is 17.9 Å². The molecular weight excluding hydrogens is 277 g/mol. The summed E-state index contributed by atoms with van der Waals surface area (Å²) in [5.41, 5.74) is 0.956. The summed E-state index contributed by atoms with van der Waals surface area (Å²) in [5, 5.41) is 8.95. The Morgan fingerprint density at radius 3 is 2.67 bits per heavy atom. The van der Waals surface area contributed by atoms with Gasteiger partial charge in [-0.25, -0.2) is 9.18 Å². The summed E-state index contributed by atoms with van der Waals surface area (Å²) < 4.78 is 18.0. The van der Waals surface area contributed by atoms with Crippen molar-refractivity contribution in [2.45, 2.75) is 18.4 Å². The minimum Gasteiger partial charge on any atom is -0.479 e. The number of carbonyl (C=O) groups is 2. The van der Waals surface area contributed by atoms with E-state index in [9.17, 15) is 14.0 Å². The number of morpholine rings is 1. The first-order chi connectivity index (χ1) is 10.1. The number of carbonyl (C=O) groups excluding carboxylic acids is 1. The van der Waals surface area contributed by atoms with Crippen LogP contribution in [0, 0.1) is 11.7 Å². The molecule has 1 aliphatic carbocycles. The van der Waals surface area contributed by atoms with E-state index in [1.165, 1.54) is 12.1 Å². The molecule has 1 aliphatic heterocycles. The minimum atomic E-state index is -1.04. The predicted octanol–water partition coefficient (Wildman–Crippen LogP) is 1.24. The summed E-state index contributed by atoms with van der Waals surface area (Å²) in [6, 6.07) is 6.19. The topological polar surface area (TPSA) is 66.8 Å². The SMILES string of the molecule is O=C(O)[C@@H]1CN(C(=O)[C@H]2C[C@H]2c2ccc(F)cc2)CCO1. The Hall–Kier alpha value is -1.95. The molecule has 0 spiro atoms. The summed E-state index contributed by atoms with van der Waals surface area (Å²) >= 11 is 0. The molecule has 1 aromatic rings. The van der Waals surface area contributed by atoms with Crippen LogP contribution in [0.3, 0.4) is 0 Å². The Bertz CT molecular complexity index is 559. The van der Waals surface area contributed by atoms with Gasteiger partial charge in [-0.15, -0.1) is 0 Å². The van der Waals surface area contributed by atoms with E-state index in [2.05, 4.69) is 0 Å². The van der Waals surface area contributed by atoms with Crippen molar-refractivity contribution >= 4 is 11.9 Å². The van der Waals surface area contributed by atoms with E-state index in [-0.39, 0.29) is 36.7 Å². The molecule has 0 bridgehead atoms. The van der Waals surface area contributed by atoms with Crippen molar-refractivity contribution in [2.75, 3.05) is 19.7 Å². The van der Waals surface area contributed by atoms with E-state index in [1.54, 1.807) is 17.0 Å². The summed E-state index contributed by atoms with van der Waals surface area (Å²) in [7, 11) is 0. The molecule has 0 radical (unpaired) electrons. The molecule has 2 aliphatic rings. The number of ether oxygens (including phenoxy) is 1. The first-order valence-electron chi connectivity index (χ1n) is 6.95. The third-order valence-corrected chi connectivity index (χ3v) is 4.06. The quantitative estimate of drug-likeness (QED) is 0.910. The molecule has 1 amide bonds. The zero-order valence-electron chi connectivity index (χ0n) is 11.4. The normalized spacial score (nSPS) is 28.2. The lowest BCUT2D eigenvalue weighted by Crippen LogP contribution is -2.49. The second-order valence-corrected chi connectivity index (χ2v) is 5.48. The van der Waals surface area contributed by atoms with E-state index in [0.29, 0.717) is 6.54 Å². The van der Waals surface area contributed by atoms with E-state index in [4.69, 9.17) is 9.84 Å². The lowest BCUT2D eigenvalue weighted by molar-refractivity contribution is -0.159. The fraction of sp³-hybridized carbons (Fsp3) is 0.467.